The van der Waals surface area contributed by atoms with E-state index in [-0.39, 0.29) is 5.91 Å². The third kappa shape index (κ3) is 7.61. The van der Waals surface area contributed by atoms with Crippen LogP contribution in [0.5, 0.6) is 0 Å². The first-order valence-electron chi connectivity index (χ1n) is 10.6. The molecule has 0 aliphatic carbocycles. The van der Waals surface area contributed by atoms with Crippen molar-refractivity contribution in [2.24, 2.45) is 0 Å². The molecule has 0 saturated carbocycles. The van der Waals surface area contributed by atoms with Gasteiger partial charge in [-0.15, -0.1) is 0 Å². The average molecular weight is 396 g/mol. The molecule has 2 aromatic rings. The number of benzene rings is 2. The lowest BCUT2D eigenvalue weighted by molar-refractivity contribution is -0.122. The van der Waals surface area contributed by atoms with Crippen molar-refractivity contribution in [3.05, 3.63) is 71.3 Å². The van der Waals surface area contributed by atoms with Crippen LogP contribution in [0.3, 0.4) is 0 Å². The lowest BCUT2D eigenvalue weighted by Crippen LogP contribution is -2.49. The largest absolute Gasteiger partial charge is 0.377 e. The molecule has 1 fully saturated rings. The fourth-order valence-electron chi connectivity index (χ4n) is 3.56. The number of piperazine rings is 1. The van der Waals surface area contributed by atoms with Crippen molar-refractivity contribution < 1.29 is 9.53 Å². The Balaban J connectivity index is 1.24. The zero-order valence-electron chi connectivity index (χ0n) is 17.5. The van der Waals surface area contributed by atoms with Crippen molar-refractivity contribution in [3.8, 4) is 0 Å². The second-order valence-electron chi connectivity index (χ2n) is 7.72. The van der Waals surface area contributed by atoms with E-state index in [0.29, 0.717) is 26.3 Å². The Morgan fingerprint density at radius 2 is 1.66 bits per heavy atom. The van der Waals surface area contributed by atoms with Crippen LogP contribution in [0, 0.1) is 6.92 Å². The number of nitrogens with one attached hydrogen (secondary N) is 1. The Kier molecular flexibility index (Phi) is 8.68. The fourth-order valence-corrected chi connectivity index (χ4v) is 3.56. The van der Waals surface area contributed by atoms with Crippen molar-refractivity contribution in [2.75, 3.05) is 45.9 Å². The predicted octanol–water partition coefficient (Wildman–Crippen LogP) is 2.84. The normalized spacial score (nSPS) is 15.3. The van der Waals surface area contributed by atoms with Crippen LogP contribution in [0.1, 0.15) is 23.1 Å². The topological polar surface area (TPSA) is 44.8 Å². The predicted molar refractivity (Wildman–Crippen MR) is 117 cm³/mol. The number of carbonyl (C=O) groups excluding carboxylic acids is 1. The van der Waals surface area contributed by atoms with Gasteiger partial charge in [0.1, 0.15) is 0 Å². The summed E-state index contributed by atoms with van der Waals surface area (Å²) >= 11 is 0. The summed E-state index contributed by atoms with van der Waals surface area (Å²) in [5, 5.41) is 3.01. The molecule has 1 heterocycles. The van der Waals surface area contributed by atoms with E-state index in [1.807, 2.05) is 18.2 Å². The SMILES string of the molecule is Cc1ccccc1CN1CCN(CC(=O)NCCCOCc2ccccc2)CC1. The first kappa shape index (κ1) is 21.5. The number of amides is 1. The van der Waals surface area contributed by atoms with Gasteiger partial charge in [-0.1, -0.05) is 54.6 Å². The van der Waals surface area contributed by atoms with Gasteiger partial charge < -0.3 is 10.1 Å². The molecule has 5 nitrogen and oxygen atoms in total. The maximum atomic E-state index is 12.2. The second kappa shape index (κ2) is 11.7. The van der Waals surface area contributed by atoms with Gasteiger partial charge in [0.15, 0.2) is 0 Å². The van der Waals surface area contributed by atoms with Crippen molar-refractivity contribution >= 4 is 5.91 Å². The molecule has 2 aromatic carbocycles. The Hall–Kier alpha value is -2.21. The molecular weight excluding hydrogens is 362 g/mol. The van der Waals surface area contributed by atoms with Gasteiger partial charge in [-0.3, -0.25) is 14.6 Å². The molecule has 1 N–H and O–H groups in total. The summed E-state index contributed by atoms with van der Waals surface area (Å²) in [7, 11) is 0. The summed E-state index contributed by atoms with van der Waals surface area (Å²) in [6.45, 7) is 9.51. The Morgan fingerprint density at radius 1 is 0.966 bits per heavy atom. The number of nitrogens with zero attached hydrogens (tertiary/aromatic N) is 2. The van der Waals surface area contributed by atoms with E-state index < -0.39 is 0 Å². The van der Waals surface area contributed by atoms with Crippen LogP contribution < -0.4 is 5.32 Å². The molecule has 156 valence electrons. The Bertz CT molecular complexity index is 743. The maximum Gasteiger partial charge on any atom is 0.234 e. The highest BCUT2D eigenvalue weighted by atomic mass is 16.5. The molecule has 0 radical (unpaired) electrons. The van der Waals surface area contributed by atoms with Crippen LogP contribution in [0.15, 0.2) is 54.6 Å². The van der Waals surface area contributed by atoms with E-state index in [1.54, 1.807) is 0 Å². The van der Waals surface area contributed by atoms with Crippen LogP contribution in [0.2, 0.25) is 0 Å². The third-order valence-corrected chi connectivity index (χ3v) is 5.39. The molecular formula is C24H33N3O2. The molecule has 0 unspecified atom stereocenters. The van der Waals surface area contributed by atoms with Gasteiger partial charge in [0.2, 0.25) is 5.91 Å². The minimum absolute atomic E-state index is 0.111. The lowest BCUT2D eigenvalue weighted by Gasteiger charge is -2.34. The zero-order chi connectivity index (χ0) is 20.3. The van der Waals surface area contributed by atoms with E-state index in [2.05, 4.69) is 58.4 Å². The number of carbonyl (C=O) groups is 1. The van der Waals surface area contributed by atoms with Gasteiger partial charge in [0.05, 0.1) is 13.2 Å². The molecule has 1 aliphatic rings. The molecule has 0 spiro atoms. The second-order valence-corrected chi connectivity index (χ2v) is 7.72. The summed E-state index contributed by atoms with van der Waals surface area (Å²) in [4.78, 5) is 16.9. The van der Waals surface area contributed by atoms with E-state index in [0.717, 1.165) is 39.1 Å². The van der Waals surface area contributed by atoms with E-state index >= 15 is 0 Å². The standard InChI is InChI=1S/C24H33N3O2/c1-21-8-5-6-11-23(21)18-26-13-15-27(16-14-26)19-24(28)25-12-7-17-29-20-22-9-3-2-4-10-22/h2-6,8-11H,7,12-20H2,1H3,(H,25,28). The molecule has 1 amide bonds. The van der Waals surface area contributed by atoms with Gasteiger partial charge >= 0.3 is 0 Å². The number of hydrogen-bond acceptors (Lipinski definition) is 4. The van der Waals surface area contributed by atoms with Crippen molar-refractivity contribution in [1.29, 1.82) is 0 Å². The fraction of sp³-hybridized carbons (Fsp3) is 0.458. The number of hydrogen-bond donors (Lipinski definition) is 1. The van der Waals surface area contributed by atoms with Gasteiger partial charge in [-0.25, -0.2) is 0 Å². The molecule has 0 aromatic heterocycles. The molecule has 1 aliphatic heterocycles. The lowest BCUT2D eigenvalue weighted by atomic mass is 10.1. The Labute approximate surface area is 174 Å². The van der Waals surface area contributed by atoms with Crippen LogP contribution in [-0.2, 0) is 22.7 Å². The molecule has 29 heavy (non-hydrogen) atoms. The van der Waals surface area contributed by atoms with Gasteiger partial charge in [-0.2, -0.15) is 0 Å². The van der Waals surface area contributed by atoms with Crippen LogP contribution in [0.25, 0.3) is 0 Å². The summed E-state index contributed by atoms with van der Waals surface area (Å²) in [6.07, 6.45) is 0.836. The van der Waals surface area contributed by atoms with Crippen molar-refractivity contribution in [2.45, 2.75) is 26.5 Å². The van der Waals surface area contributed by atoms with Crippen molar-refractivity contribution in [1.82, 2.24) is 15.1 Å². The van der Waals surface area contributed by atoms with Gasteiger partial charge in [0.25, 0.3) is 0 Å². The van der Waals surface area contributed by atoms with Crippen molar-refractivity contribution in [3.63, 3.8) is 0 Å². The molecule has 0 atom stereocenters. The third-order valence-electron chi connectivity index (χ3n) is 5.39. The first-order valence-corrected chi connectivity index (χ1v) is 10.6. The highest BCUT2D eigenvalue weighted by Crippen LogP contribution is 2.12. The van der Waals surface area contributed by atoms with Crippen LogP contribution in [0.4, 0.5) is 0 Å². The number of rotatable bonds is 10. The summed E-state index contributed by atoms with van der Waals surface area (Å²) < 4.78 is 5.65. The summed E-state index contributed by atoms with van der Waals surface area (Å²) in [5.41, 5.74) is 3.92. The monoisotopic (exact) mass is 395 g/mol. The van der Waals surface area contributed by atoms with E-state index in [1.165, 1.54) is 16.7 Å². The number of aryl methyl sites for hydroxylation is 1. The Morgan fingerprint density at radius 3 is 2.41 bits per heavy atom. The quantitative estimate of drug-likeness (QED) is 0.629. The van der Waals surface area contributed by atoms with Crippen LogP contribution >= 0.6 is 0 Å². The van der Waals surface area contributed by atoms with E-state index in [4.69, 9.17) is 4.74 Å². The molecule has 3 rings (SSSR count). The molecule has 1 saturated heterocycles. The first-order chi connectivity index (χ1) is 14.2. The highest BCUT2D eigenvalue weighted by molar-refractivity contribution is 5.77. The zero-order valence-corrected chi connectivity index (χ0v) is 17.5. The van der Waals surface area contributed by atoms with E-state index in [9.17, 15) is 4.79 Å². The van der Waals surface area contributed by atoms with Gasteiger partial charge in [-0.05, 0) is 30.0 Å². The molecule has 5 heteroatoms. The average Bonchev–Trinajstić information content (AvgIpc) is 2.74. The van der Waals surface area contributed by atoms with Crippen LogP contribution in [-0.4, -0.2) is 61.6 Å². The minimum atomic E-state index is 0.111. The summed E-state index contributed by atoms with van der Waals surface area (Å²) in [6, 6.07) is 18.7. The minimum Gasteiger partial charge on any atom is -0.377 e. The molecule has 0 bridgehead atoms. The highest BCUT2D eigenvalue weighted by Gasteiger charge is 2.19. The number of ether oxygens (including phenoxy) is 1. The van der Waals surface area contributed by atoms with Gasteiger partial charge in [0, 0.05) is 45.9 Å². The summed E-state index contributed by atoms with van der Waals surface area (Å²) in [5.74, 6) is 0.111. The smallest absolute Gasteiger partial charge is 0.234 e. The maximum absolute atomic E-state index is 12.2.